The van der Waals surface area contributed by atoms with E-state index in [2.05, 4.69) is 10.2 Å². The van der Waals surface area contributed by atoms with Crippen molar-refractivity contribution in [3.05, 3.63) is 108 Å². The third-order valence-electron chi connectivity index (χ3n) is 4.49. The van der Waals surface area contributed by atoms with Gasteiger partial charge in [-0.2, -0.15) is 0 Å². The summed E-state index contributed by atoms with van der Waals surface area (Å²) in [6.07, 6.45) is 0. The van der Waals surface area contributed by atoms with Crippen LogP contribution in [0.1, 0.15) is 17.0 Å². The van der Waals surface area contributed by atoms with Crippen LogP contribution in [0.2, 0.25) is 0 Å². The predicted molar refractivity (Wildman–Crippen MR) is 105 cm³/mol. The van der Waals surface area contributed by atoms with Crippen molar-refractivity contribution in [1.29, 1.82) is 0 Å². The normalized spacial score (nSPS) is 11.2. The zero-order valence-electron chi connectivity index (χ0n) is 15.4. The number of rotatable bonds is 6. The molecule has 1 heterocycles. The lowest BCUT2D eigenvalue weighted by atomic mass is 9.86. The van der Waals surface area contributed by atoms with Crippen LogP contribution in [0.3, 0.4) is 0 Å². The third-order valence-corrected chi connectivity index (χ3v) is 4.49. The fourth-order valence-corrected chi connectivity index (χ4v) is 3.00. The van der Waals surface area contributed by atoms with Gasteiger partial charge in [-0.1, -0.05) is 78.9 Å². The summed E-state index contributed by atoms with van der Waals surface area (Å²) in [6, 6.07) is 26.6. The standard InChI is InChI=1S/C23H18N2O4/c26-22(28-16-20-24-25-21(29-20)17-10-4-1-5-11-17)23(27,18-12-6-2-7-13-18)19-14-8-3-9-15-19/h1-15,27H,16H2. The second-order valence-electron chi connectivity index (χ2n) is 6.39. The van der Waals surface area contributed by atoms with Gasteiger partial charge in [-0.05, 0) is 23.3 Å². The van der Waals surface area contributed by atoms with Crippen molar-refractivity contribution in [2.75, 3.05) is 0 Å². The molecule has 4 aromatic rings. The van der Waals surface area contributed by atoms with Crippen LogP contribution < -0.4 is 0 Å². The van der Waals surface area contributed by atoms with E-state index in [1.807, 2.05) is 42.5 Å². The summed E-state index contributed by atoms with van der Waals surface area (Å²) in [5.74, 6) is -0.354. The Balaban J connectivity index is 1.56. The molecule has 0 aliphatic carbocycles. The van der Waals surface area contributed by atoms with E-state index in [1.54, 1.807) is 48.5 Å². The maximum absolute atomic E-state index is 13.0. The summed E-state index contributed by atoms with van der Waals surface area (Å²) < 4.78 is 10.9. The van der Waals surface area contributed by atoms with E-state index in [4.69, 9.17) is 9.15 Å². The number of carbonyl (C=O) groups excluding carboxylic acids is 1. The van der Waals surface area contributed by atoms with Crippen LogP contribution in [0.4, 0.5) is 0 Å². The average molecular weight is 386 g/mol. The van der Waals surface area contributed by atoms with Gasteiger partial charge in [0.05, 0.1) is 0 Å². The summed E-state index contributed by atoms with van der Waals surface area (Å²) >= 11 is 0. The molecule has 4 rings (SSSR count). The van der Waals surface area contributed by atoms with E-state index >= 15 is 0 Å². The van der Waals surface area contributed by atoms with Crippen LogP contribution in [0.5, 0.6) is 0 Å². The maximum Gasteiger partial charge on any atom is 0.348 e. The number of ether oxygens (including phenoxy) is 1. The fraction of sp³-hybridized carbons (Fsp3) is 0.0870. The van der Waals surface area contributed by atoms with Crippen molar-refractivity contribution in [3.63, 3.8) is 0 Å². The van der Waals surface area contributed by atoms with Crippen molar-refractivity contribution in [3.8, 4) is 11.5 Å². The Morgan fingerprint density at radius 1 is 0.828 bits per heavy atom. The molecule has 29 heavy (non-hydrogen) atoms. The molecule has 0 fully saturated rings. The largest absolute Gasteiger partial charge is 0.453 e. The Labute approximate surface area is 167 Å². The molecular weight excluding hydrogens is 368 g/mol. The van der Waals surface area contributed by atoms with Gasteiger partial charge in [-0.15, -0.1) is 10.2 Å². The molecular formula is C23H18N2O4. The summed E-state index contributed by atoms with van der Waals surface area (Å²) in [6.45, 7) is -0.249. The van der Waals surface area contributed by atoms with Gasteiger partial charge in [0.25, 0.3) is 5.89 Å². The number of hydrogen-bond acceptors (Lipinski definition) is 6. The van der Waals surface area contributed by atoms with Gasteiger partial charge < -0.3 is 14.3 Å². The van der Waals surface area contributed by atoms with Crippen LogP contribution in [-0.2, 0) is 21.7 Å². The fourth-order valence-electron chi connectivity index (χ4n) is 3.00. The van der Waals surface area contributed by atoms with E-state index < -0.39 is 11.6 Å². The van der Waals surface area contributed by atoms with Gasteiger partial charge in [0.15, 0.2) is 6.61 Å². The highest BCUT2D eigenvalue weighted by Gasteiger charge is 2.41. The molecule has 1 aromatic heterocycles. The number of benzene rings is 3. The number of hydrogen-bond donors (Lipinski definition) is 1. The van der Waals surface area contributed by atoms with Gasteiger partial charge in [0.2, 0.25) is 11.5 Å². The van der Waals surface area contributed by atoms with Crippen LogP contribution >= 0.6 is 0 Å². The molecule has 144 valence electrons. The molecule has 6 nitrogen and oxygen atoms in total. The number of esters is 1. The number of aliphatic hydroxyl groups is 1. The first kappa shape index (κ1) is 18.6. The first-order valence-corrected chi connectivity index (χ1v) is 9.06. The Hall–Kier alpha value is -3.77. The summed E-state index contributed by atoms with van der Waals surface area (Å²) in [5.41, 5.74) is -0.369. The highest BCUT2D eigenvalue weighted by molar-refractivity contribution is 5.85. The number of nitrogens with zero attached hydrogens (tertiary/aromatic N) is 2. The minimum absolute atomic E-state index is 0.140. The van der Waals surface area contributed by atoms with E-state index in [0.717, 1.165) is 5.56 Å². The third kappa shape index (κ3) is 3.79. The summed E-state index contributed by atoms with van der Waals surface area (Å²) in [7, 11) is 0. The highest BCUT2D eigenvalue weighted by Crippen LogP contribution is 2.31. The van der Waals surface area contributed by atoms with Crippen molar-refractivity contribution in [2.45, 2.75) is 12.2 Å². The molecule has 0 spiro atoms. The second kappa shape index (κ2) is 8.08. The summed E-state index contributed by atoms with van der Waals surface area (Å²) in [5, 5.41) is 19.2. The molecule has 0 radical (unpaired) electrons. The Kier molecular flexibility index (Phi) is 5.18. The monoisotopic (exact) mass is 386 g/mol. The molecule has 6 heteroatoms. The molecule has 0 aliphatic rings. The lowest BCUT2D eigenvalue weighted by Gasteiger charge is -2.26. The molecule has 0 bridgehead atoms. The van der Waals surface area contributed by atoms with Crippen molar-refractivity contribution >= 4 is 5.97 Å². The first-order valence-electron chi connectivity index (χ1n) is 9.06. The molecule has 0 saturated carbocycles. The van der Waals surface area contributed by atoms with Crippen LogP contribution in [0, 0.1) is 0 Å². The van der Waals surface area contributed by atoms with Gasteiger partial charge in [0.1, 0.15) is 0 Å². The molecule has 0 amide bonds. The van der Waals surface area contributed by atoms with Gasteiger partial charge in [-0.3, -0.25) is 0 Å². The highest BCUT2D eigenvalue weighted by atomic mass is 16.6. The topological polar surface area (TPSA) is 85.5 Å². The van der Waals surface area contributed by atoms with E-state index in [0.29, 0.717) is 17.0 Å². The average Bonchev–Trinajstić information content (AvgIpc) is 3.28. The zero-order chi connectivity index (χ0) is 20.1. The predicted octanol–water partition coefficient (Wildman–Crippen LogP) is 3.72. The molecule has 1 N–H and O–H groups in total. The lowest BCUT2D eigenvalue weighted by molar-refractivity contribution is -0.164. The van der Waals surface area contributed by atoms with E-state index in [9.17, 15) is 9.90 Å². The van der Waals surface area contributed by atoms with E-state index in [1.165, 1.54) is 0 Å². The van der Waals surface area contributed by atoms with Gasteiger partial charge >= 0.3 is 5.97 Å². The van der Waals surface area contributed by atoms with Crippen molar-refractivity contribution in [2.24, 2.45) is 0 Å². The zero-order valence-corrected chi connectivity index (χ0v) is 15.4. The first-order chi connectivity index (χ1) is 14.2. The Morgan fingerprint density at radius 3 is 1.90 bits per heavy atom. The van der Waals surface area contributed by atoms with E-state index in [-0.39, 0.29) is 12.5 Å². The van der Waals surface area contributed by atoms with Crippen LogP contribution in [0.15, 0.2) is 95.4 Å². The molecule has 3 aromatic carbocycles. The quantitative estimate of drug-likeness (QED) is 0.509. The van der Waals surface area contributed by atoms with Gasteiger partial charge in [-0.25, -0.2) is 4.79 Å². The lowest BCUT2D eigenvalue weighted by Crippen LogP contribution is -2.38. The molecule has 0 saturated heterocycles. The van der Waals surface area contributed by atoms with Crippen LogP contribution in [0.25, 0.3) is 11.5 Å². The maximum atomic E-state index is 13.0. The van der Waals surface area contributed by atoms with Gasteiger partial charge in [0, 0.05) is 5.56 Å². The van der Waals surface area contributed by atoms with Crippen molar-refractivity contribution in [1.82, 2.24) is 10.2 Å². The smallest absolute Gasteiger partial charge is 0.348 e. The van der Waals surface area contributed by atoms with Crippen LogP contribution in [-0.4, -0.2) is 21.3 Å². The molecule has 0 atom stereocenters. The molecule has 0 unspecified atom stereocenters. The van der Waals surface area contributed by atoms with Crippen molar-refractivity contribution < 1.29 is 19.1 Å². The number of aromatic nitrogens is 2. The molecule has 0 aliphatic heterocycles. The number of carbonyl (C=O) groups is 1. The summed E-state index contributed by atoms with van der Waals surface area (Å²) in [4.78, 5) is 13.0. The Bertz CT molecular complexity index is 1040. The SMILES string of the molecule is O=C(OCc1nnc(-c2ccccc2)o1)C(O)(c1ccccc1)c1ccccc1. The Morgan fingerprint density at radius 2 is 1.34 bits per heavy atom. The minimum Gasteiger partial charge on any atom is -0.453 e. The second-order valence-corrected chi connectivity index (χ2v) is 6.39. The minimum atomic E-state index is -1.95.